The molecule has 20 heavy (non-hydrogen) atoms. The zero-order valence-corrected chi connectivity index (χ0v) is 12.4. The molecule has 0 amide bonds. The van der Waals surface area contributed by atoms with Crippen molar-refractivity contribution in [2.24, 2.45) is 0 Å². The fourth-order valence-corrected chi connectivity index (χ4v) is 3.02. The predicted octanol–water partition coefficient (Wildman–Crippen LogP) is 1.13. The Morgan fingerprint density at radius 3 is 2.20 bits per heavy atom. The predicted molar refractivity (Wildman–Crippen MR) is 74.6 cm³/mol. The molecule has 0 atom stereocenters. The van der Waals surface area contributed by atoms with Crippen molar-refractivity contribution in [2.45, 2.75) is 25.2 Å². The molecule has 112 valence electrons. The maximum atomic E-state index is 12.1. The number of likely N-dealkylation sites (N-methyl/N-ethyl adjacent to an activating group) is 1. The fourth-order valence-electron chi connectivity index (χ4n) is 1.68. The number of nitrogens with zero attached hydrogens (tertiary/aromatic N) is 2. The first-order valence-corrected chi connectivity index (χ1v) is 7.52. The molecule has 0 fully saturated rings. The molecule has 0 bridgehead atoms. The van der Waals surface area contributed by atoms with Gasteiger partial charge in [0.25, 0.3) is 5.69 Å². The van der Waals surface area contributed by atoms with Crippen LogP contribution in [0.25, 0.3) is 0 Å². The van der Waals surface area contributed by atoms with E-state index in [-0.39, 0.29) is 18.0 Å². The highest BCUT2D eigenvalue weighted by Gasteiger charge is 2.25. The minimum Gasteiger partial charge on any atom is -0.389 e. The number of nitro groups is 1. The Labute approximate surface area is 118 Å². The lowest BCUT2D eigenvalue weighted by molar-refractivity contribution is -0.384. The second-order valence-electron chi connectivity index (χ2n) is 5.25. The summed E-state index contributed by atoms with van der Waals surface area (Å²) in [5.41, 5.74) is -0.758. The number of rotatable bonds is 6. The van der Waals surface area contributed by atoms with Gasteiger partial charge in [-0.1, -0.05) is 12.1 Å². The maximum Gasteiger partial charge on any atom is 0.269 e. The monoisotopic (exact) mass is 302 g/mol. The molecule has 7 nitrogen and oxygen atoms in total. The van der Waals surface area contributed by atoms with E-state index < -0.39 is 20.5 Å². The molecule has 1 N–H and O–H groups in total. The van der Waals surface area contributed by atoms with Crippen LogP contribution in [0, 0.1) is 10.1 Å². The van der Waals surface area contributed by atoms with Gasteiger partial charge in [0, 0.05) is 25.7 Å². The SMILES string of the molecule is CN(CC(C)(C)O)S(=O)(=O)Cc1ccc([N+](=O)[O-])cc1. The molecule has 1 rings (SSSR count). The number of nitro benzene ring substituents is 1. The van der Waals surface area contributed by atoms with Gasteiger partial charge in [0.05, 0.1) is 16.3 Å². The van der Waals surface area contributed by atoms with Crippen molar-refractivity contribution in [3.05, 3.63) is 39.9 Å². The van der Waals surface area contributed by atoms with Crippen molar-refractivity contribution in [2.75, 3.05) is 13.6 Å². The normalized spacial score (nSPS) is 12.7. The summed E-state index contributed by atoms with van der Waals surface area (Å²) in [5.74, 6) is -0.266. The van der Waals surface area contributed by atoms with Crippen LogP contribution < -0.4 is 0 Å². The Kier molecular flexibility index (Phi) is 4.85. The Morgan fingerprint density at radius 2 is 1.80 bits per heavy atom. The van der Waals surface area contributed by atoms with Crippen molar-refractivity contribution in [3.63, 3.8) is 0 Å². The van der Waals surface area contributed by atoms with Gasteiger partial charge in [-0.15, -0.1) is 0 Å². The smallest absolute Gasteiger partial charge is 0.269 e. The molecule has 0 aliphatic carbocycles. The first-order valence-electron chi connectivity index (χ1n) is 5.91. The van der Waals surface area contributed by atoms with Gasteiger partial charge in [0.1, 0.15) is 0 Å². The van der Waals surface area contributed by atoms with Gasteiger partial charge in [-0.05, 0) is 19.4 Å². The molecular formula is C12H18N2O5S. The van der Waals surface area contributed by atoms with Crippen molar-refractivity contribution in [3.8, 4) is 0 Å². The van der Waals surface area contributed by atoms with E-state index in [1.807, 2.05) is 0 Å². The first-order chi connectivity index (χ1) is 9.01. The first kappa shape index (κ1) is 16.5. The van der Waals surface area contributed by atoms with E-state index in [0.29, 0.717) is 5.56 Å². The van der Waals surface area contributed by atoms with Crippen LogP contribution in [0.4, 0.5) is 5.69 Å². The van der Waals surface area contributed by atoms with Gasteiger partial charge in [0.15, 0.2) is 0 Å². The third kappa shape index (κ3) is 4.87. The van der Waals surface area contributed by atoms with Crippen molar-refractivity contribution in [1.29, 1.82) is 0 Å². The quantitative estimate of drug-likeness (QED) is 0.627. The van der Waals surface area contributed by atoms with Crippen LogP contribution in [-0.2, 0) is 15.8 Å². The van der Waals surface area contributed by atoms with E-state index in [1.54, 1.807) is 0 Å². The van der Waals surface area contributed by atoms with Crippen LogP contribution in [0.1, 0.15) is 19.4 Å². The molecule has 8 heteroatoms. The number of aliphatic hydroxyl groups is 1. The van der Waals surface area contributed by atoms with Gasteiger partial charge in [-0.25, -0.2) is 12.7 Å². The van der Waals surface area contributed by atoms with Crippen molar-refractivity contribution in [1.82, 2.24) is 4.31 Å². The summed E-state index contributed by atoms with van der Waals surface area (Å²) >= 11 is 0. The molecule has 0 saturated carbocycles. The van der Waals surface area contributed by atoms with Gasteiger partial charge in [-0.3, -0.25) is 10.1 Å². The van der Waals surface area contributed by atoms with Crippen LogP contribution in [0.2, 0.25) is 0 Å². The zero-order valence-electron chi connectivity index (χ0n) is 11.6. The van der Waals surface area contributed by atoms with Gasteiger partial charge in [-0.2, -0.15) is 0 Å². The van der Waals surface area contributed by atoms with Gasteiger partial charge < -0.3 is 5.11 Å². The van der Waals surface area contributed by atoms with E-state index in [1.165, 1.54) is 45.2 Å². The van der Waals surface area contributed by atoms with Crippen molar-refractivity contribution < 1.29 is 18.4 Å². The maximum absolute atomic E-state index is 12.1. The molecular weight excluding hydrogens is 284 g/mol. The minimum absolute atomic E-state index is 0.0255. The summed E-state index contributed by atoms with van der Waals surface area (Å²) in [5, 5.41) is 20.1. The van der Waals surface area contributed by atoms with Crippen LogP contribution in [0.5, 0.6) is 0 Å². The van der Waals surface area contributed by atoms with Crippen LogP contribution in [0.3, 0.4) is 0 Å². The summed E-state index contributed by atoms with van der Waals surface area (Å²) in [6, 6.07) is 5.35. The summed E-state index contributed by atoms with van der Waals surface area (Å²) in [6.07, 6.45) is 0. The van der Waals surface area contributed by atoms with Crippen LogP contribution >= 0.6 is 0 Å². The van der Waals surface area contributed by atoms with Crippen LogP contribution in [0.15, 0.2) is 24.3 Å². The average Bonchev–Trinajstić information content (AvgIpc) is 2.26. The van der Waals surface area contributed by atoms with E-state index in [9.17, 15) is 23.6 Å². The molecule has 0 heterocycles. The van der Waals surface area contributed by atoms with Crippen molar-refractivity contribution >= 4 is 15.7 Å². The lowest BCUT2D eigenvalue weighted by Crippen LogP contribution is -2.40. The number of hydrogen-bond acceptors (Lipinski definition) is 5. The minimum atomic E-state index is -3.58. The van der Waals surface area contributed by atoms with Gasteiger partial charge >= 0.3 is 0 Å². The topological polar surface area (TPSA) is 101 Å². The molecule has 0 aliphatic rings. The van der Waals surface area contributed by atoms with Gasteiger partial charge in [0.2, 0.25) is 10.0 Å². The van der Waals surface area contributed by atoms with Crippen LogP contribution in [-0.4, -0.2) is 41.9 Å². The van der Waals surface area contributed by atoms with E-state index in [0.717, 1.165) is 4.31 Å². The molecule has 0 spiro atoms. The highest BCUT2D eigenvalue weighted by Crippen LogP contribution is 2.16. The summed E-state index contributed by atoms with van der Waals surface area (Å²) < 4.78 is 25.2. The standard InChI is InChI=1S/C12H18N2O5S/c1-12(2,15)9-13(3)20(18,19)8-10-4-6-11(7-5-10)14(16)17/h4-7,15H,8-9H2,1-3H3. The van der Waals surface area contributed by atoms with E-state index >= 15 is 0 Å². The number of hydrogen-bond donors (Lipinski definition) is 1. The Balaban J connectivity index is 2.83. The lowest BCUT2D eigenvalue weighted by atomic mass is 10.1. The molecule has 1 aromatic rings. The number of non-ortho nitro benzene ring substituents is 1. The molecule has 0 radical (unpaired) electrons. The third-order valence-electron chi connectivity index (χ3n) is 2.58. The average molecular weight is 302 g/mol. The van der Waals surface area contributed by atoms with E-state index in [4.69, 9.17) is 0 Å². The molecule has 0 unspecified atom stereocenters. The van der Waals surface area contributed by atoms with E-state index in [2.05, 4.69) is 0 Å². The zero-order chi connectivity index (χ0) is 15.6. The second-order valence-corrected chi connectivity index (χ2v) is 7.32. The molecule has 0 saturated heterocycles. The Bertz CT molecular complexity index is 575. The third-order valence-corrected chi connectivity index (χ3v) is 4.36. The highest BCUT2D eigenvalue weighted by atomic mass is 32.2. The summed E-state index contributed by atoms with van der Waals surface area (Å²) in [4.78, 5) is 9.97. The highest BCUT2D eigenvalue weighted by molar-refractivity contribution is 7.88. The summed E-state index contributed by atoms with van der Waals surface area (Å²) in [7, 11) is -2.19. The Hall–Kier alpha value is -1.51. The molecule has 0 aliphatic heterocycles. The lowest BCUT2D eigenvalue weighted by Gasteiger charge is -2.25. The molecule has 0 aromatic heterocycles. The Morgan fingerprint density at radius 1 is 1.30 bits per heavy atom. The molecule has 1 aromatic carbocycles. The number of sulfonamides is 1. The second kappa shape index (κ2) is 5.86. The number of benzene rings is 1. The fraction of sp³-hybridized carbons (Fsp3) is 0.500. The largest absolute Gasteiger partial charge is 0.389 e. The summed E-state index contributed by atoms with van der Waals surface area (Å²) in [6.45, 7) is 3.01.